The number of rotatable bonds is 4. The van der Waals surface area contributed by atoms with Crippen molar-refractivity contribution in [3.63, 3.8) is 0 Å². The summed E-state index contributed by atoms with van der Waals surface area (Å²) in [6, 6.07) is 4.14. The van der Waals surface area contributed by atoms with E-state index in [1.165, 1.54) is 18.2 Å². The maximum Gasteiger partial charge on any atom is 0.265 e. The van der Waals surface area contributed by atoms with Crippen molar-refractivity contribution >= 4 is 43.9 Å². The molecule has 1 aromatic heterocycles. The predicted molar refractivity (Wildman–Crippen MR) is 98.3 cm³/mol. The van der Waals surface area contributed by atoms with Crippen LogP contribution in [0.4, 0.5) is 10.7 Å². The van der Waals surface area contributed by atoms with Crippen molar-refractivity contribution in [1.29, 1.82) is 0 Å². The molecule has 8 nitrogen and oxygen atoms in total. The Morgan fingerprint density at radius 3 is 2.69 bits per heavy atom. The SMILES string of the molecule is Cc1sc(NS(=O)(=O)c2ccc3c(c2)NC(=O)C(C)O3)c(C(N)=O)c1C. The quantitative estimate of drug-likeness (QED) is 0.729. The number of fused-ring (bicyclic) bond motifs is 1. The first-order chi connectivity index (χ1) is 12.1. The lowest BCUT2D eigenvalue weighted by Crippen LogP contribution is -2.34. The minimum absolute atomic E-state index is 0.0752. The lowest BCUT2D eigenvalue weighted by Gasteiger charge is -2.23. The van der Waals surface area contributed by atoms with Crippen LogP contribution >= 0.6 is 11.3 Å². The first kappa shape index (κ1) is 18.2. The number of nitrogens with two attached hydrogens (primary N) is 1. The van der Waals surface area contributed by atoms with Crippen molar-refractivity contribution in [2.75, 3.05) is 10.0 Å². The zero-order valence-electron chi connectivity index (χ0n) is 14.2. The molecule has 1 aliphatic rings. The van der Waals surface area contributed by atoms with Gasteiger partial charge in [-0.05, 0) is 44.5 Å². The third-order valence-corrected chi connectivity index (χ3v) is 6.65. The van der Waals surface area contributed by atoms with Crippen LogP contribution in [0.25, 0.3) is 0 Å². The molecule has 0 saturated carbocycles. The average molecular weight is 395 g/mol. The molecule has 0 fully saturated rings. The molecular formula is C16H17N3O5S2. The number of primary amides is 1. The molecule has 1 aliphatic heterocycles. The Kier molecular flexibility index (Phi) is 4.41. The predicted octanol–water partition coefficient (Wildman–Crippen LogP) is 1.98. The van der Waals surface area contributed by atoms with Crippen molar-refractivity contribution in [3.05, 3.63) is 34.2 Å². The maximum absolute atomic E-state index is 12.7. The van der Waals surface area contributed by atoms with Gasteiger partial charge in [-0.2, -0.15) is 0 Å². The van der Waals surface area contributed by atoms with Gasteiger partial charge in [-0.1, -0.05) is 0 Å². The number of benzene rings is 1. The smallest absolute Gasteiger partial charge is 0.265 e. The summed E-state index contributed by atoms with van der Waals surface area (Å²) in [7, 11) is -3.99. The zero-order valence-corrected chi connectivity index (χ0v) is 15.9. The van der Waals surface area contributed by atoms with E-state index in [4.69, 9.17) is 10.5 Å². The molecule has 3 rings (SSSR count). The second kappa shape index (κ2) is 6.29. The highest BCUT2D eigenvalue weighted by molar-refractivity contribution is 7.93. The van der Waals surface area contributed by atoms with Crippen molar-refractivity contribution in [2.45, 2.75) is 31.8 Å². The van der Waals surface area contributed by atoms with E-state index in [0.29, 0.717) is 11.3 Å². The van der Waals surface area contributed by atoms with E-state index in [-0.39, 0.29) is 27.1 Å². The van der Waals surface area contributed by atoms with E-state index in [9.17, 15) is 18.0 Å². The summed E-state index contributed by atoms with van der Waals surface area (Å²) in [5.74, 6) is -0.679. The molecule has 0 bridgehead atoms. The number of nitrogens with one attached hydrogen (secondary N) is 2. The third-order valence-electron chi connectivity index (χ3n) is 4.05. The molecule has 2 aromatic rings. The van der Waals surface area contributed by atoms with Gasteiger partial charge in [0, 0.05) is 4.88 Å². The summed E-state index contributed by atoms with van der Waals surface area (Å²) in [5, 5.41) is 2.77. The lowest BCUT2D eigenvalue weighted by atomic mass is 10.1. The second-order valence-corrected chi connectivity index (χ2v) is 8.77. The summed E-state index contributed by atoms with van der Waals surface area (Å²) in [5.41, 5.74) is 6.43. The van der Waals surface area contributed by atoms with Crippen molar-refractivity contribution in [1.82, 2.24) is 0 Å². The number of anilines is 2. The molecule has 4 N–H and O–H groups in total. The van der Waals surface area contributed by atoms with E-state index >= 15 is 0 Å². The van der Waals surface area contributed by atoms with Gasteiger partial charge in [0.2, 0.25) is 0 Å². The van der Waals surface area contributed by atoms with Crippen molar-refractivity contribution < 1.29 is 22.7 Å². The monoisotopic (exact) mass is 395 g/mol. The van der Waals surface area contributed by atoms with Crippen LogP contribution in [0.2, 0.25) is 0 Å². The first-order valence-corrected chi connectivity index (χ1v) is 9.94. The van der Waals surface area contributed by atoms with Gasteiger partial charge in [0.15, 0.2) is 6.10 Å². The molecule has 0 saturated heterocycles. The molecule has 2 heterocycles. The van der Waals surface area contributed by atoms with Crippen LogP contribution in [0.15, 0.2) is 23.1 Å². The average Bonchev–Trinajstić information content (AvgIpc) is 2.81. The standard InChI is InChI=1S/C16H17N3O5S2/c1-7-9(3)25-16(13(7)14(17)20)19-26(22,23)10-4-5-12-11(6-10)18-15(21)8(2)24-12/h4-6,8,19H,1-3H3,(H2,17,20)(H,18,21). The number of sulfonamides is 1. The van der Waals surface area contributed by atoms with E-state index in [2.05, 4.69) is 10.0 Å². The second-order valence-electron chi connectivity index (χ2n) is 5.86. The first-order valence-electron chi connectivity index (χ1n) is 7.64. The summed E-state index contributed by atoms with van der Waals surface area (Å²) in [6.07, 6.45) is -0.654. The molecule has 0 spiro atoms. The number of hydrogen-bond acceptors (Lipinski definition) is 6. The highest BCUT2D eigenvalue weighted by Gasteiger charge is 2.27. The van der Waals surface area contributed by atoms with Crippen LogP contribution in [-0.4, -0.2) is 26.3 Å². The summed E-state index contributed by atoms with van der Waals surface area (Å²) in [6.45, 7) is 5.07. The minimum atomic E-state index is -3.99. The molecule has 1 unspecified atom stereocenters. The molecule has 1 aromatic carbocycles. The molecule has 26 heavy (non-hydrogen) atoms. The summed E-state index contributed by atoms with van der Waals surface area (Å²) < 4.78 is 33.3. The lowest BCUT2D eigenvalue weighted by molar-refractivity contribution is -0.122. The molecule has 138 valence electrons. The molecule has 2 amide bonds. The van der Waals surface area contributed by atoms with Crippen LogP contribution in [0.3, 0.4) is 0 Å². The topological polar surface area (TPSA) is 128 Å². The van der Waals surface area contributed by atoms with Crippen LogP contribution < -0.4 is 20.5 Å². The summed E-state index contributed by atoms with van der Waals surface area (Å²) in [4.78, 5) is 24.1. The van der Waals surface area contributed by atoms with Gasteiger partial charge in [-0.25, -0.2) is 8.42 Å². The van der Waals surface area contributed by atoms with Gasteiger partial charge >= 0.3 is 0 Å². The van der Waals surface area contributed by atoms with Crippen molar-refractivity contribution in [3.8, 4) is 5.75 Å². The Hall–Kier alpha value is -2.59. The molecule has 1 atom stereocenters. The Morgan fingerprint density at radius 1 is 1.35 bits per heavy atom. The molecule has 0 aliphatic carbocycles. The van der Waals surface area contributed by atoms with Gasteiger partial charge in [-0.3, -0.25) is 14.3 Å². The van der Waals surface area contributed by atoms with Gasteiger partial charge in [0.05, 0.1) is 16.1 Å². The van der Waals surface area contributed by atoms with Crippen LogP contribution in [0.5, 0.6) is 5.75 Å². The minimum Gasteiger partial charge on any atom is -0.479 e. The van der Waals surface area contributed by atoms with E-state index in [1.807, 2.05) is 0 Å². The van der Waals surface area contributed by atoms with Crippen LogP contribution in [0.1, 0.15) is 27.7 Å². The number of thiophene rings is 1. The van der Waals surface area contributed by atoms with Gasteiger partial charge in [0.1, 0.15) is 10.8 Å². The molecular weight excluding hydrogens is 378 g/mol. The zero-order chi connectivity index (χ0) is 19.2. The highest BCUT2D eigenvalue weighted by atomic mass is 32.2. The number of ether oxygens (including phenoxy) is 1. The van der Waals surface area contributed by atoms with E-state index in [1.54, 1.807) is 20.8 Å². The normalized spacial score (nSPS) is 16.4. The fourth-order valence-electron chi connectivity index (χ4n) is 2.53. The van der Waals surface area contributed by atoms with Gasteiger partial charge in [0.25, 0.3) is 21.8 Å². The van der Waals surface area contributed by atoms with Crippen LogP contribution in [-0.2, 0) is 14.8 Å². The van der Waals surface area contributed by atoms with Gasteiger partial charge in [-0.15, -0.1) is 11.3 Å². The third kappa shape index (κ3) is 3.13. The number of amides is 2. The van der Waals surface area contributed by atoms with E-state index < -0.39 is 22.0 Å². The number of aryl methyl sites for hydroxylation is 1. The Balaban J connectivity index is 1.98. The Bertz CT molecular complexity index is 1030. The maximum atomic E-state index is 12.7. The van der Waals surface area contributed by atoms with Crippen molar-refractivity contribution in [2.24, 2.45) is 5.73 Å². The highest BCUT2D eigenvalue weighted by Crippen LogP contribution is 2.35. The Labute approximate surface area is 154 Å². The molecule has 10 heteroatoms. The van der Waals surface area contributed by atoms with E-state index in [0.717, 1.165) is 16.2 Å². The largest absolute Gasteiger partial charge is 0.479 e. The van der Waals surface area contributed by atoms with Gasteiger partial charge < -0.3 is 15.8 Å². The number of carbonyl (C=O) groups is 2. The number of carbonyl (C=O) groups excluding carboxylic acids is 2. The molecule has 0 radical (unpaired) electrons. The fraction of sp³-hybridized carbons (Fsp3) is 0.250. The number of hydrogen-bond donors (Lipinski definition) is 3. The summed E-state index contributed by atoms with van der Waals surface area (Å²) >= 11 is 1.13. The fourth-order valence-corrected chi connectivity index (χ4v) is 4.93. The Morgan fingerprint density at radius 2 is 2.04 bits per heavy atom. The van der Waals surface area contributed by atoms with Crippen LogP contribution in [0, 0.1) is 13.8 Å².